The number of nitrogens with one attached hydrogen (secondary N) is 1. The third-order valence-electron chi connectivity index (χ3n) is 3.15. The summed E-state index contributed by atoms with van der Waals surface area (Å²) in [5.41, 5.74) is 4.38. The van der Waals surface area contributed by atoms with Crippen molar-refractivity contribution in [2.75, 3.05) is 5.43 Å². The van der Waals surface area contributed by atoms with Gasteiger partial charge in [-0.3, -0.25) is 19.7 Å². The van der Waals surface area contributed by atoms with Crippen molar-refractivity contribution >= 4 is 12.0 Å². The number of hydrogen-bond donors (Lipinski definition) is 2. The van der Waals surface area contributed by atoms with Gasteiger partial charge in [-0.25, -0.2) is 0 Å². The molecule has 0 saturated heterocycles. The minimum atomic E-state index is -0.478. The number of carbonyl (C=O) groups is 1. The normalized spacial score (nSPS) is 10.8. The Kier molecular flexibility index (Phi) is 4.23. The third-order valence-corrected chi connectivity index (χ3v) is 3.15. The smallest absolute Gasteiger partial charge is 0.262 e. The number of amides is 1. The minimum Gasteiger partial charge on any atom is -0.503 e. The van der Waals surface area contributed by atoms with Crippen LogP contribution < -0.4 is 10.9 Å². The molecule has 0 bridgehead atoms. The van der Waals surface area contributed by atoms with Crippen LogP contribution in [0.5, 0.6) is 5.75 Å². The number of pyridine rings is 1. The van der Waals surface area contributed by atoms with Crippen LogP contribution in [0, 0.1) is 13.8 Å². The van der Waals surface area contributed by atoms with Crippen LogP contribution in [0.25, 0.3) is 6.08 Å². The van der Waals surface area contributed by atoms with Crippen molar-refractivity contribution in [2.24, 2.45) is 0 Å². The van der Waals surface area contributed by atoms with Gasteiger partial charge in [0.2, 0.25) is 5.43 Å². The van der Waals surface area contributed by atoms with Crippen molar-refractivity contribution in [3.63, 3.8) is 0 Å². The van der Waals surface area contributed by atoms with Gasteiger partial charge in [-0.2, -0.15) is 0 Å². The molecular weight excluding hydrogens is 268 g/mol. The summed E-state index contributed by atoms with van der Waals surface area (Å²) in [6.07, 6.45) is 4.51. The van der Waals surface area contributed by atoms with E-state index in [2.05, 4.69) is 5.43 Å². The van der Waals surface area contributed by atoms with E-state index in [1.165, 1.54) is 23.0 Å². The van der Waals surface area contributed by atoms with E-state index in [1.807, 2.05) is 31.2 Å². The van der Waals surface area contributed by atoms with Gasteiger partial charge in [-0.1, -0.05) is 24.3 Å². The first-order chi connectivity index (χ1) is 9.99. The molecular formula is C16H16N2O3. The van der Waals surface area contributed by atoms with Crippen LogP contribution >= 0.6 is 0 Å². The second kappa shape index (κ2) is 6.09. The zero-order valence-corrected chi connectivity index (χ0v) is 11.8. The quantitative estimate of drug-likeness (QED) is 0.846. The predicted molar refractivity (Wildman–Crippen MR) is 81.7 cm³/mol. The zero-order chi connectivity index (χ0) is 15.4. The average Bonchev–Trinajstić information content (AvgIpc) is 2.47. The Morgan fingerprint density at radius 3 is 2.67 bits per heavy atom. The van der Waals surface area contributed by atoms with Crippen LogP contribution in [0.2, 0.25) is 0 Å². The third kappa shape index (κ3) is 3.39. The Hall–Kier alpha value is -2.82. The number of benzene rings is 1. The van der Waals surface area contributed by atoms with Crippen LogP contribution in [0.3, 0.4) is 0 Å². The topological polar surface area (TPSA) is 71.3 Å². The molecule has 0 fully saturated rings. The fraction of sp³-hybridized carbons (Fsp3) is 0.125. The van der Waals surface area contributed by atoms with E-state index in [1.54, 1.807) is 13.0 Å². The van der Waals surface area contributed by atoms with Crippen molar-refractivity contribution < 1.29 is 9.90 Å². The van der Waals surface area contributed by atoms with Gasteiger partial charge in [-0.05, 0) is 31.1 Å². The maximum absolute atomic E-state index is 11.9. The van der Waals surface area contributed by atoms with Crippen LogP contribution in [-0.2, 0) is 4.79 Å². The predicted octanol–water partition coefficient (Wildman–Crippen LogP) is 1.95. The number of aryl methyl sites for hydroxylation is 1. The maximum Gasteiger partial charge on any atom is 0.262 e. The Morgan fingerprint density at radius 1 is 1.24 bits per heavy atom. The molecule has 1 amide bonds. The lowest BCUT2D eigenvalue weighted by Crippen LogP contribution is -2.24. The first kappa shape index (κ1) is 14.6. The van der Waals surface area contributed by atoms with Crippen molar-refractivity contribution in [1.82, 2.24) is 4.68 Å². The molecule has 0 aliphatic rings. The summed E-state index contributed by atoms with van der Waals surface area (Å²) in [6.45, 7) is 3.50. The highest BCUT2D eigenvalue weighted by Gasteiger charge is 2.06. The molecule has 0 spiro atoms. The standard InChI is InChI=1S/C16H16N2O3/c1-11-5-3-4-6-13(11)7-8-15(20)17-18-10-9-14(19)16(21)12(18)2/h3-10,21H,1-2H3,(H,17,20)/b8-7+. The van der Waals surface area contributed by atoms with Crippen LogP contribution in [0.15, 0.2) is 47.4 Å². The average molecular weight is 284 g/mol. The summed E-state index contributed by atoms with van der Waals surface area (Å²) < 4.78 is 1.31. The second-order valence-electron chi connectivity index (χ2n) is 4.65. The summed E-state index contributed by atoms with van der Waals surface area (Å²) in [6, 6.07) is 8.89. The molecule has 108 valence electrons. The number of nitrogens with zero attached hydrogens (tertiary/aromatic N) is 1. The Morgan fingerprint density at radius 2 is 1.95 bits per heavy atom. The van der Waals surface area contributed by atoms with Gasteiger partial charge in [0.1, 0.15) is 0 Å². The first-order valence-electron chi connectivity index (χ1n) is 6.45. The fourth-order valence-corrected chi connectivity index (χ4v) is 1.84. The Bertz CT molecular complexity index is 760. The molecule has 0 aliphatic heterocycles. The van der Waals surface area contributed by atoms with E-state index in [-0.39, 0.29) is 17.4 Å². The summed E-state index contributed by atoms with van der Waals surface area (Å²) in [5.74, 6) is -0.731. The number of hydrogen-bond acceptors (Lipinski definition) is 3. The number of rotatable bonds is 3. The molecule has 2 rings (SSSR count). The molecule has 1 aromatic heterocycles. The second-order valence-corrected chi connectivity index (χ2v) is 4.65. The lowest BCUT2D eigenvalue weighted by molar-refractivity contribution is -0.112. The van der Waals surface area contributed by atoms with Crippen molar-refractivity contribution in [3.8, 4) is 5.75 Å². The highest BCUT2D eigenvalue weighted by Crippen LogP contribution is 2.09. The monoisotopic (exact) mass is 284 g/mol. The number of aromatic nitrogens is 1. The fourth-order valence-electron chi connectivity index (χ4n) is 1.84. The highest BCUT2D eigenvalue weighted by molar-refractivity contribution is 5.97. The molecule has 2 N–H and O–H groups in total. The largest absolute Gasteiger partial charge is 0.503 e. The molecule has 0 aliphatic carbocycles. The summed E-state index contributed by atoms with van der Waals surface area (Å²) in [5, 5.41) is 9.54. The molecule has 0 radical (unpaired) electrons. The van der Waals surface area contributed by atoms with Gasteiger partial charge < -0.3 is 5.11 Å². The van der Waals surface area contributed by atoms with Crippen molar-refractivity contribution in [2.45, 2.75) is 13.8 Å². The Labute approximate surface area is 122 Å². The molecule has 0 atom stereocenters. The van der Waals surface area contributed by atoms with Gasteiger partial charge in [0, 0.05) is 18.3 Å². The minimum absolute atomic E-state index is 0.278. The maximum atomic E-state index is 11.9. The van der Waals surface area contributed by atoms with E-state index in [0.29, 0.717) is 0 Å². The molecule has 1 heterocycles. The highest BCUT2D eigenvalue weighted by atomic mass is 16.3. The lowest BCUT2D eigenvalue weighted by atomic mass is 10.1. The van der Waals surface area contributed by atoms with Crippen molar-refractivity contribution in [1.29, 1.82) is 0 Å². The molecule has 0 saturated carbocycles. The van der Waals surface area contributed by atoms with E-state index < -0.39 is 5.43 Å². The summed E-state index contributed by atoms with van der Waals surface area (Å²) in [7, 11) is 0. The molecule has 1 aromatic carbocycles. The molecule has 21 heavy (non-hydrogen) atoms. The SMILES string of the molecule is Cc1ccccc1/C=C/C(=O)Nn1ccc(=O)c(O)c1C. The molecule has 0 unspecified atom stereocenters. The van der Waals surface area contributed by atoms with Gasteiger partial charge in [0.05, 0.1) is 5.69 Å². The van der Waals surface area contributed by atoms with Gasteiger partial charge in [-0.15, -0.1) is 0 Å². The molecule has 2 aromatic rings. The lowest BCUT2D eigenvalue weighted by Gasteiger charge is -2.11. The summed E-state index contributed by atoms with van der Waals surface area (Å²) >= 11 is 0. The van der Waals surface area contributed by atoms with E-state index in [0.717, 1.165) is 11.1 Å². The van der Waals surface area contributed by atoms with Crippen LogP contribution in [0.4, 0.5) is 0 Å². The Balaban J connectivity index is 2.14. The van der Waals surface area contributed by atoms with E-state index in [4.69, 9.17) is 0 Å². The van der Waals surface area contributed by atoms with Gasteiger partial charge >= 0.3 is 0 Å². The van der Waals surface area contributed by atoms with Gasteiger partial charge in [0.15, 0.2) is 5.75 Å². The van der Waals surface area contributed by atoms with E-state index >= 15 is 0 Å². The van der Waals surface area contributed by atoms with Crippen LogP contribution in [0.1, 0.15) is 16.8 Å². The van der Waals surface area contributed by atoms with Crippen LogP contribution in [-0.4, -0.2) is 15.7 Å². The first-order valence-corrected chi connectivity index (χ1v) is 6.45. The number of aromatic hydroxyl groups is 1. The summed E-state index contributed by atoms with van der Waals surface area (Å²) in [4.78, 5) is 23.1. The number of carbonyl (C=O) groups excluding carboxylic acids is 1. The van der Waals surface area contributed by atoms with Gasteiger partial charge in [0.25, 0.3) is 5.91 Å². The van der Waals surface area contributed by atoms with E-state index in [9.17, 15) is 14.7 Å². The zero-order valence-electron chi connectivity index (χ0n) is 11.8. The van der Waals surface area contributed by atoms with Crippen molar-refractivity contribution in [3.05, 3.63) is 69.6 Å². The molecule has 5 nitrogen and oxygen atoms in total. The molecule has 5 heteroatoms.